The molecule has 0 aromatic carbocycles. The molecule has 21 heavy (non-hydrogen) atoms. The van der Waals surface area contributed by atoms with E-state index in [2.05, 4.69) is 9.97 Å². The smallest absolute Gasteiger partial charge is 0.410 e. The van der Waals surface area contributed by atoms with Crippen molar-refractivity contribution in [2.24, 2.45) is 0 Å². The molecule has 2 rings (SSSR count). The molecule has 0 N–H and O–H groups in total. The molecule has 1 fully saturated rings. The van der Waals surface area contributed by atoms with Crippen molar-refractivity contribution in [1.29, 1.82) is 0 Å². The quantitative estimate of drug-likeness (QED) is 0.626. The third-order valence-corrected chi connectivity index (χ3v) is 4.22. The Morgan fingerprint density at radius 2 is 2.14 bits per heavy atom. The van der Waals surface area contributed by atoms with Crippen LogP contribution in [0, 0.1) is 0 Å². The van der Waals surface area contributed by atoms with Gasteiger partial charge in [-0.1, -0.05) is 23.4 Å². The van der Waals surface area contributed by atoms with Crippen LogP contribution in [0.15, 0.2) is 17.6 Å². The van der Waals surface area contributed by atoms with Crippen LogP contribution in [0.25, 0.3) is 0 Å². The van der Waals surface area contributed by atoms with Crippen LogP contribution in [0.1, 0.15) is 33.6 Å². The van der Waals surface area contributed by atoms with Gasteiger partial charge in [-0.15, -0.1) is 0 Å². The molecule has 0 aliphatic carbocycles. The lowest BCUT2D eigenvalue weighted by Crippen LogP contribution is -2.40. The maximum Gasteiger partial charge on any atom is 0.410 e. The van der Waals surface area contributed by atoms with Crippen LogP contribution < -0.4 is 0 Å². The van der Waals surface area contributed by atoms with E-state index in [0.29, 0.717) is 10.2 Å². The molecule has 0 bridgehead atoms. The molecule has 1 atom stereocenters. The lowest BCUT2D eigenvalue weighted by atomic mass is 10.2. The first-order chi connectivity index (χ1) is 9.85. The summed E-state index contributed by atoms with van der Waals surface area (Å²) in [5, 5.41) is 1.20. The number of halogens is 1. The van der Waals surface area contributed by atoms with Gasteiger partial charge in [0.05, 0.1) is 17.4 Å². The van der Waals surface area contributed by atoms with Crippen LogP contribution in [-0.2, 0) is 4.74 Å². The highest BCUT2D eigenvalue weighted by Gasteiger charge is 2.32. The predicted molar refractivity (Wildman–Crippen MR) is 83.7 cm³/mol. The Morgan fingerprint density at radius 1 is 1.48 bits per heavy atom. The fraction of sp³-hybridized carbons (Fsp3) is 0.643. The Kier molecular flexibility index (Phi) is 5.32. The van der Waals surface area contributed by atoms with Gasteiger partial charge in [-0.2, -0.15) is 0 Å². The summed E-state index contributed by atoms with van der Waals surface area (Å²) >= 11 is 7.30. The van der Waals surface area contributed by atoms with Gasteiger partial charge in [0.25, 0.3) is 0 Å². The standard InChI is InChI=1S/C14H20ClN3O2S/c1-14(2,3)20-13(19)18-6-4-5-11(18)9-21-12-16-7-10(15)8-17-12/h7-8,11H,4-6,9H2,1-3H3/t11-/m0/s1. The molecule has 0 radical (unpaired) electrons. The van der Waals surface area contributed by atoms with Gasteiger partial charge in [0.1, 0.15) is 5.60 Å². The largest absolute Gasteiger partial charge is 0.444 e. The molecule has 0 spiro atoms. The molecule has 5 nitrogen and oxygen atoms in total. The summed E-state index contributed by atoms with van der Waals surface area (Å²) in [4.78, 5) is 22.3. The number of nitrogens with zero attached hydrogens (tertiary/aromatic N) is 3. The highest BCUT2D eigenvalue weighted by molar-refractivity contribution is 7.99. The van der Waals surface area contributed by atoms with Crippen molar-refractivity contribution in [1.82, 2.24) is 14.9 Å². The van der Waals surface area contributed by atoms with Gasteiger partial charge in [-0.3, -0.25) is 0 Å². The van der Waals surface area contributed by atoms with Crippen LogP contribution in [0.5, 0.6) is 0 Å². The van der Waals surface area contributed by atoms with Crippen molar-refractivity contribution in [3.05, 3.63) is 17.4 Å². The van der Waals surface area contributed by atoms with Crippen molar-refractivity contribution >= 4 is 29.5 Å². The zero-order valence-electron chi connectivity index (χ0n) is 12.5. The van der Waals surface area contributed by atoms with E-state index in [1.54, 1.807) is 12.4 Å². The van der Waals surface area contributed by atoms with E-state index in [9.17, 15) is 4.79 Å². The number of aromatic nitrogens is 2. The van der Waals surface area contributed by atoms with Crippen LogP contribution >= 0.6 is 23.4 Å². The van der Waals surface area contributed by atoms with Crippen molar-refractivity contribution in [2.45, 2.75) is 50.4 Å². The molecule has 1 aliphatic rings. The summed E-state index contributed by atoms with van der Waals surface area (Å²) in [6.45, 7) is 6.40. The van der Waals surface area contributed by atoms with Crippen LogP contribution in [0.2, 0.25) is 5.02 Å². The zero-order chi connectivity index (χ0) is 15.5. The molecular formula is C14H20ClN3O2S. The highest BCUT2D eigenvalue weighted by atomic mass is 35.5. The Balaban J connectivity index is 1.90. The fourth-order valence-electron chi connectivity index (χ4n) is 2.12. The van der Waals surface area contributed by atoms with Gasteiger partial charge in [0, 0.05) is 18.3 Å². The number of carbonyl (C=O) groups excluding carboxylic acids is 1. The molecule has 7 heteroatoms. The van der Waals surface area contributed by atoms with Crippen LogP contribution in [0.3, 0.4) is 0 Å². The third kappa shape index (κ3) is 5.04. The van der Waals surface area contributed by atoms with Gasteiger partial charge in [0.2, 0.25) is 0 Å². The molecule has 1 saturated heterocycles. The van der Waals surface area contributed by atoms with Crippen molar-refractivity contribution < 1.29 is 9.53 Å². The molecule has 1 aromatic rings. The number of likely N-dealkylation sites (tertiary alicyclic amines) is 1. The minimum atomic E-state index is -0.462. The lowest BCUT2D eigenvalue weighted by Gasteiger charge is -2.28. The van der Waals surface area contributed by atoms with E-state index in [-0.39, 0.29) is 12.1 Å². The van der Waals surface area contributed by atoms with Crippen molar-refractivity contribution in [2.75, 3.05) is 12.3 Å². The molecule has 1 aliphatic heterocycles. The lowest BCUT2D eigenvalue weighted by molar-refractivity contribution is 0.0242. The fourth-order valence-corrected chi connectivity index (χ4v) is 3.16. The molecule has 1 aromatic heterocycles. The topological polar surface area (TPSA) is 55.3 Å². The second-order valence-corrected chi connectivity index (χ2v) is 7.39. The second kappa shape index (κ2) is 6.83. The predicted octanol–water partition coefficient (Wildman–Crippen LogP) is 3.62. The van der Waals surface area contributed by atoms with Crippen LogP contribution in [0.4, 0.5) is 4.79 Å². The van der Waals surface area contributed by atoms with E-state index in [4.69, 9.17) is 16.3 Å². The molecule has 116 valence electrons. The Labute approximate surface area is 134 Å². The number of rotatable bonds is 3. The first kappa shape index (κ1) is 16.4. The number of ether oxygens (including phenoxy) is 1. The van der Waals surface area contributed by atoms with Gasteiger partial charge in [-0.25, -0.2) is 14.8 Å². The maximum absolute atomic E-state index is 12.2. The molecule has 1 amide bonds. The Hall–Kier alpha value is -1.01. The number of thioether (sulfide) groups is 1. The SMILES string of the molecule is CC(C)(C)OC(=O)N1CCC[C@H]1CSc1ncc(Cl)cn1. The monoisotopic (exact) mass is 329 g/mol. The number of carbonyl (C=O) groups is 1. The highest BCUT2D eigenvalue weighted by Crippen LogP contribution is 2.25. The maximum atomic E-state index is 12.2. The van der Waals surface area contributed by atoms with E-state index in [0.717, 1.165) is 25.1 Å². The minimum Gasteiger partial charge on any atom is -0.444 e. The summed E-state index contributed by atoms with van der Waals surface area (Å²) in [7, 11) is 0. The van der Waals surface area contributed by atoms with Gasteiger partial charge in [0.15, 0.2) is 5.16 Å². The Morgan fingerprint density at radius 3 is 2.76 bits per heavy atom. The number of amides is 1. The van der Waals surface area contributed by atoms with Crippen LogP contribution in [-0.4, -0.2) is 44.9 Å². The first-order valence-electron chi connectivity index (χ1n) is 6.95. The minimum absolute atomic E-state index is 0.170. The van der Waals surface area contributed by atoms with Gasteiger partial charge in [-0.05, 0) is 33.6 Å². The third-order valence-electron chi connectivity index (χ3n) is 3.01. The van der Waals surface area contributed by atoms with E-state index in [1.165, 1.54) is 11.8 Å². The van der Waals surface area contributed by atoms with E-state index in [1.807, 2.05) is 25.7 Å². The summed E-state index contributed by atoms with van der Waals surface area (Å²) in [6, 6.07) is 0.170. The van der Waals surface area contributed by atoms with E-state index >= 15 is 0 Å². The molecule has 2 heterocycles. The average Bonchev–Trinajstić information content (AvgIpc) is 2.84. The zero-order valence-corrected chi connectivity index (χ0v) is 14.1. The Bertz CT molecular complexity index is 490. The summed E-state index contributed by atoms with van der Waals surface area (Å²) < 4.78 is 5.45. The summed E-state index contributed by atoms with van der Waals surface area (Å²) in [6.07, 6.45) is 4.92. The number of hydrogen-bond donors (Lipinski definition) is 0. The molecular weight excluding hydrogens is 310 g/mol. The summed E-state index contributed by atoms with van der Waals surface area (Å²) in [5.41, 5.74) is -0.462. The van der Waals surface area contributed by atoms with Crippen molar-refractivity contribution in [3.8, 4) is 0 Å². The average molecular weight is 330 g/mol. The van der Waals surface area contributed by atoms with Gasteiger partial charge >= 0.3 is 6.09 Å². The summed E-state index contributed by atoms with van der Waals surface area (Å²) in [5.74, 6) is 0.765. The first-order valence-corrected chi connectivity index (χ1v) is 8.31. The van der Waals surface area contributed by atoms with Crippen molar-refractivity contribution in [3.63, 3.8) is 0 Å². The number of hydrogen-bond acceptors (Lipinski definition) is 5. The van der Waals surface area contributed by atoms with E-state index < -0.39 is 5.60 Å². The molecule has 0 saturated carbocycles. The second-order valence-electron chi connectivity index (χ2n) is 5.96. The van der Waals surface area contributed by atoms with Gasteiger partial charge < -0.3 is 9.64 Å². The normalized spacial score (nSPS) is 18.9. The molecule has 0 unspecified atom stereocenters.